The van der Waals surface area contributed by atoms with Gasteiger partial charge in [0, 0.05) is 11.4 Å². The molecule has 0 bridgehead atoms. The van der Waals surface area contributed by atoms with Gasteiger partial charge in [0.05, 0.1) is 0 Å². The van der Waals surface area contributed by atoms with Gasteiger partial charge in [0.15, 0.2) is 0 Å². The van der Waals surface area contributed by atoms with E-state index >= 15 is 0 Å². The summed E-state index contributed by atoms with van der Waals surface area (Å²) in [5.41, 5.74) is 3.02. The third-order valence-electron chi connectivity index (χ3n) is 2.31. The van der Waals surface area contributed by atoms with Crippen LogP contribution in [0.25, 0.3) is 0 Å². The smallest absolute Gasteiger partial charge is 0.274 e. The molecule has 1 aromatic carbocycles. The Morgan fingerprint density at radius 3 is 2.71 bits per heavy atom. The van der Waals surface area contributed by atoms with E-state index in [9.17, 15) is 4.79 Å². The van der Waals surface area contributed by atoms with Crippen molar-refractivity contribution in [3.05, 3.63) is 53.6 Å². The summed E-state index contributed by atoms with van der Waals surface area (Å²) in [6.45, 7) is 3.80. The third-order valence-corrected chi connectivity index (χ3v) is 2.31. The average Bonchev–Trinajstić information content (AvgIpc) is 2.29. The topological polar surface area (TPSA) is 54.9 Å². The number of aromatic nitrogens is 2. The SMILES string of the molecule is Cc1cccc(NC(=O)c2cc(C)ncn2)c1. The number of rotatable bonds is 2. The molecule has 0 saturated carbocycles. The molecule has 86 valence electrons. The van der Waals surface area contributed by atoms with Crippen molar-refractivity contribution in [3.63, 3.8) is 0 Å². The highest BCUT2D eigenvalue weighted by molar-refractivity contribution is 6.02. The molecule has 0 atom stereocenters. The number of benzene rings is 1. The lowest BCUT2D eigenvalue weighted by Gasteiger charge is -2.05. The van der Waals surface area contributed by atoms with Crippen LogP contribution in [0.1, 0.15) is 21.7 Å². The summed E-state index contributed by atoms with van der Waals surface area (Å²) in [5.74, 6) is -0.221. The van der Waals surface area contributed by atoms with Gasteiger partial charge >= 0.3 is 0 Å². The second-order valence-electron chi connectivity index (χ2n) is 3.87. The van der Waals surface area contributed by atoms with Gasteiger partial charge in [-0.25, -0.2) is 9.97 Å². The van der Waals surface area contributed by atoms with Crippen LogP contribution in [-0.2, 0) is 0 Å². The van der Waals surface area contributed by atoms with Crippen molar-refractivity contribution in [1.29, 1.82) is 0 Å². The number of aryl methyl sites for hydroxylation is 2. The van der Waals surface area contributed by atoms with Crippen molar-refractivity contribution >= 4 is 11.6 Å². The number of carbonyl (C=O) groups excluding carboxylic acids is 1. The van der Waals surface area contributed by atoms with Crippen LogP contribution in [0.5, 0.6) is 0 Å². The van der Waals surface area contributed by atoms with Crippen molar-refractivity contribution in [2.45, 2.75) is 13.8 Å². The van der Waals surface area contributed by atoms with Crippen molar-refractivity contribution < 1.29 is 4.79 Å². The summed E-state index contributed by atoms with van der Waals surface area (Å²) < 4.78 is 0. The Bertz CT molecular complexity index is 552. The molecule has 1 heterocycles. The molecule has 0 aliphatic carbocycles. The van der Waals surface area contributed by atoms with Gasteiger partial charge in [-0.2, -0.15) is 0 Å². The first-order chi connectivity index (χ1) is 8.15. The molecule has 0 saturated heterocycles. The number of hydrogen-bond acceptors (Lipinski definition) is 3. The van der Waals surface area contributed by atoms with Crippen LogP contribution in [0.4, 0.5) is 5.69 Å². The number of amides is 1. The van der Waals surface area contributed by atoms with E-state index in [1.54, 1.807) is 6.07 Å². The molecule has 4 nitrogen and oxygen atoms in total. The highest BCUT2D eigenvalue weighted by atomic mass is 16.1. The lowest BCUT2D eigenvalue weighted by atomic mass is 10.2. The van der Waals surface area contributed by atoms with Gasteiger partial charge in [-0.1, -0.05) is 12.1 Å². The summed E-state index contributed by atoms with van der Waals surface area (Å²) in [6, 6.07) is 9.29. The van der Waals surface area contributed by atoms with Gasteiger partial charge in [0.1, 0.15) is 12.0 Å². The monoisotopic (exact) mass is 227 g/mol. The molecule has 17 heavy (non-hydrogen) atoms. The Balaban J connectivity index is 2.17. The standard InChI is InChI=1S/C13H13N3O/c1-9-4-3-5-11(6-9)16-13(17)12-7-10(2)14-8-15-12/h3-8H,1-2H3,(H,16,17). The Morgan fingerprint density at radius 1 is 1.18 bits per heavy atom. The summed E-state index contributed by atoms with van der Waals surface area (Å²) in [7, 11) is 0. The summed E-state index contributed by atoms with van der Waals surface area (Å²) in [4.78, 5) is 19.8. The van der Waals surface area contributed by atoms with E-state index in [1.807, 2.05) is 38.1 Å². The Labute approximate surface area is 99.7 Å². The van der Waals surface area contributed by atoms with Crippen LogP contribution in [-0.4, -0.2) is 15.9 Å². The van der Waals surface area contributed by atoms with Gasteiger partial charge in [-0.05, 0) is 37.6 Å². The first-order valence-corrected chi connectivity index (χ1v) is 5.32. The normalized spacial score (nSPS) is 10.0. The maximum absolute atomic E-state index is 11.9. The minimum atomic E-state index is -0.221. The molecule has 1 aromatic heterocycles. The van der Waals surface area contributed by atoms with E-state index in [1.165, 1.54) is 6.33 Å². The zero-order valence-corrected chi connectivity index (χ0v) is 9.77. The van der Waals surface area contributed by atoms with E-state index in [2.05, 4.69) is 15.3 Å². The molecule has 2 aromatic rings. The van der Waals surface area contributed by atoms with Crippen LogP contribution in [0.3, 0.4) is 0 Å². The van der Waals surface area contributed by atoms with Crippen molar-refractivity contribution in [2.24, 2.45) is 0 Å². The maximum atomic E-state index is 11.9. The number of anilines is 1. The molecular weight excluding hydrogens is 214 g/mol. The van der Waals surface area contributed by atoms with Crippen molar-refractivity contribution in [2.75, 3.05) is 5.32 Å². The number of nitrogens with one attached hydrogen (secondary N) is 1. The van der Waals surface area contributed by atoms with Crippen molar-refractivity contribution in [3.8, 4) is 0 Å². The fraction of sp³-hybridized carbons (Fsp3) is 0.154. The second-order valence-corrected chi connectivity index (χ2v) is 3.87. The van der Waals surface area contributed by atoms with Gasteiger partial charge in [0.25, 0.3) is 5.91 Å². The van der Waals surface area contributed by atoms with Crippen LogP contribution in [0.2, 0.25) is 0 Å². The molecule has 0 fully saturated rings. The average molecular weight is 227 g/mol. The predicted molar refractivity (Wildman–Crippen MR) is 65.9 cm³/mol. The molecular formula is C13H13N3O. The van der Waals surface area contributed by atoms with E-state index in [-0.39, 0.29) is 5.91 Å². The molecule has 0 unspecified atom stereocenters. The van der Waals surface area contributed by atoms with Crippen molar-refractivity contribution in [1.82, 2.24) is 9.97 Å². The summed E-state index contributed by atoms with van der Waals surface area (Å²) in [6.07, 6.45) is 1.39. The molecule has 1 amide bonds. The third kappa shape index (κ3) is 2.87. The molecule has 0 spiro atoms. The maximum Gasteiger partial charge on any atom is 0.274 e. The van der Waals surface area contributed by atoms with E-state index < -0.39 is 0 Å². The number of nitrogens with zero attached hydrogens (tertiary/aromatic N) is 2. The van der Waals surface area contributed by atoms with Gasteiger partial charge in [-0.3, -0.25) is 4.79 Å². The van der Waals surface area contributed by atoms with Crippen LogP contribution >= 0.6 is 0 Å². The lowest BCUT2D eigenvalue weighted by molar-refractivity contribution is 0.102. The summed E-state index contributed by atoms with van der Waals surface area (Å²) in [5, 5.41) is 2.80. The van der Waals surface area contributed by atoms with E-state index in [0.717, 1.165) is 16.9 Å². The highest BCUT2D eigenvalue weighted by Gasteiger charge is 2.07. The van der Waals surface area contributed by atoms with E-state index in [0.29, 0.717) is 5.69 Å². The first kappa shape index (κ1) is 11.3. The number of hydrogen-bond donors (Lipinski definition) is 1. The fourth-order valence-electron chi connectivity index (χ4n) is 1.50. The van der Waals surface area contributed by atoms with E-state index in [4.69, 9.17) is 0 Å². The zero-order chi connectivity index (χ0) is 12.3. The fourth-order valence-corrected chi connectivity index (χ4v) is 1.50. The molecule has 0 aliphatic heterocycles. The zero-order valence-electron chi connectivity index (χ0n) is 9.77. The largest absolute Gasteiger partial charge is 0.321 e. The van der Waals surface area contributed by atoms with Crippen LogP contribution in [0, 0.1) is 13.8 Å². The molecule has 1 N–H and O–H groups in total. The predicted octanol–water partition coefficient (Wildman–Crippen LogP) is 2.35. The van der Waals surface area contributed by atoms with Gasteiger partial charge < -0.3 is 5.32 Å². The Morgan fingerprint density at radius 2 is 2.00 bits per heavy atom. The molecule has 4 heteroatoms. The highest BCUT2D eigenvalue weighted by Crippen LogP contribution is 2.10. The number of carbonyl (C=O) groups is 1. The Hall–Kier alpha value is -2.23. The van der Waals surface area contributed by atoms with Gasteiger partial charge in [-0.15, -0.1) is 0 Å². The lowest BCUT2D eigenvalue weighted by Crippen LogP contribution is -2.14. The minimum absolute atomic E-state index is 0.221. The Kier molecular flexibility index (Phi) is 3.14. The second kappa shape index (κ2) is 4.74. The van der Waals surface area contributed by atoms with Crippen LogP contribution < -0.4 is 5.32 Å². The molecule has 0 radical (unpaired) electrons. The van der Waals surface area contributed by atoms with Gasteiger partial charge in [0.2, 0.25) is 0 Å². The van der Waals surface area contributed by atoms with Crippen LogP contribution in [0.15, 0.2) is 36.7 Å². The summed E-state index contributed by atoms with van der Waals surface area (Å²) >= 11 is 0. The quantitative estimate of drug-likeness (QED) is 0.856. The minimum Gasteiger partial charge on any atom is -0.321 e. The molecule has 0 aliphatic rings. The molecule has 2 rings (SSSR count). The first-order valence-electron chi connectivity index (χ1n) is 5.32.